The van der Waals surface area contributed by atoms with Gasteiger partial charge >= 0.3 is 0 Å². The first-order chi connectivity index (χ1) is 19.7. The number of anilines is 1. The lowest BCUT2D eigenvalue weighted by molar-refractivity contribution is 0.0218. The quantitative estimate of drug-likeness (QED) is 0.0550. The summed E-state index contributed by atoms with van der Waals surface area (Å²) in [6.45, 7) is 20.2. The van der Waals surface area contributed by atoms with E-state index in [0.717, 1.165) is 71.3 Å². The lowest BCUT2D eigenvalue weighted by atomic mass is 10.00. The van der Waals surface area contributed by atoms with Gasteiger partial charge in [-0.05, 0) is 61.7 Å². The monoisotopic (exact) mass is 613 g/mol. The number of allylic oxidation sites excluding steroid dienone is 2. The molecule has 0 aliphatic heterocycles. The molecule has 0 heterocycles. The van der Waals surface area contributed by atoms with Gasteiger partial charge in [-0.15, -0.1) is 0 Å². The predicted molar refractivity (Wildman–Crippen MR) is 185 cm³/mol. The largest absolute Gasteiger partial charge is 0.496 e. The Morgan fingerprint density at radius 2 is 1.40 bits per heavy atom. The molecule has 0 aliphatic rings. The van der Waals surface area contributed by atoms with Gasteiger partial charge in [0, 0.05) is 55.1 Å². The highest BCUT2D eigenvalue weighted by Gasteiger charge is 2.14. The van der Waals surface area contributed by atoms with Crippen LogP contribution in [-0.4, -0.2) is 64.2 Å². The van der Waals surface area contributed by atoms with Gasteiger partial charge in [0.25, 0.3) is 0 Å². The molecule has 0 saturated heterocycles. The van der Waals surface area contributed by atoms with Crippen molar-refractivity contribution >= 4 is 34.0 Å². The molecule has 2 aromatic rings. The van der Waals surface area contributed by atoms with Crippen LogP contribution in [0.5, 0.6) is 17.2 Å². The molecule has 2 aromatic carbocycles. The van der Waals surface area contributed by atoms with Crippen LogP contribution in [0, 0.1) is 0 Å². The normalized spacial score (nSPS) is 12.0. The van der Waals surface area contributed by atoms with E-state index in [1.165, 1.54) is 5.57 Å². The Balaban J connectivity index is 2.26. The van der Waals surface area contributed by atoms with Gasteiger partial charge in [0.2, 0.25) is 0 Å². The van der Waals surface area contributed by atoms with Crippen LogP contribution in [0.1, 0.15) is 30.5 Å². The van der Waals surface area contributed by atoms with Crippen molar-refractivity contribution in [3.63, 3.8) is 0 Å². The molecule has 234 valence electrons. The smallest absolute Gasteiger partial charge is 0.189 e. The number of ether oxygens (including phenoxy) is 5. The van der Waals surface area contributed by atoms with E-state index < -0.39 is 16.1 Å². The highest BCUT2D eigenvalue weighted by atomic mass is 28.3. The second-order valence-electron chi connectivity index (χ2n) is 13.6. The third-order valence-electron chi connectivity index (χ3n) is 6.67. The van der Waals surface area contributed by atoms with Gasteiger partial charge in [0.1, 0.15) is 17.2 Å². The Bertz CT molecular complexity index is 1180. The zero-order valence-electron chi connectivity index (χ0n) is 28.1. The molecule has 0 saturated carbocycles. The van der Waals surface area contributed by atoms with E-state index >= 15 is 0 Å². The van der Waals surface area contributed by atoms with Crippen LogP contribution in [0.2, 0.25) is 51.4 Å². The van der Waals surface area contributed by atoms with Crippen molar-refractivity contribution in [3.8, 4) is 17.2 Å². The Labute approximate surface area is 257 Å². The first-order valence-electron chi connectivity index (χ1n) is 14.9. The summed E-state index contributed by atoms with van der Waals surface area (Å²) in [6, 6.07) is 12.5. The number of benzene rings is 2. The molecule has 8 heteroatoms. The van der Waals surface area contributed by atoms with Gasteiger partial charge in [-0.1, -0.05) is 69.1 Å². The summed E-state index contributed by atoms with van der Waals surface area (Å²) >= 11 is 0. The molecule has 0 fully saturated rings. The molecule has 0 bridgehead atoms. The maximum atomic E-state index is 6.01. The summed E-state index contributed by atoms with van der Waals surface area (Å²) < 4.78 is 29.4. The van der Waals surface area contributed by atoms with Crippen LogP contribution in [0.4, 0.5) is 5.69 Å². The zero-order valence-corrected chi connectivity index (χ0v) is 30.1. The third kappa shape index (κ3) is 13.6. The molecule has 0 N–H and O–H groups in total. The maximum absolute atomic E-state index is 6.01. The summed E-state index contributed by atoms with van der Waals surface area (Å²) in [5.74, 6) is 2.34. The second-order valence-corrected chi connectivity index (χ2v) is 24.8. The van der Waals surface area contributed by atoms with Gasteiger partial charge in [0.05, 0.1) is 12.8 Å². The van der Waals surface area contributed by atoms with E-state index in [1.54, 1.807) is 7.11 Å². The lowest BCUT2D eigenvalue weighted by Crippen LogP contribution is -2.22. The Morgan fingerprint density at radius 1 is 0.786 bits per heavy atom. The van der Waals surface area contributed by atoms with Crippen LogP contribution >= 0.6 is 0 Å². The molecule has 0 aliphatic carbocycles. The van der Waals surface area contributed by atoms with Crippen molar-refractivity contribution in [3.05, 3.63) is 58.7 Å². The number of hydrogen-bond acceptors (Lipinski definition) is 6. The first-order valence-corrected chi connectivity index (χ1v) is 22.3. The maximum Gasteiger partial charge on any atom is 0.189 e. The highest BCUT2D eigenvalue weighted by Crippen LogP contribution is 2.33. The van der Waals surface area contributed by atoms with Crippen LogP contribution in [0.15, 0.2) is 42.0 Å². The lowest BCUT2D eigenvalue weighted by Gasteiger charge is -2.19. The van der Waals surface area contributed by atoms with Crippen LogP contribution in [0.3, 0.4) is 0 Å². The predicted octanol–water partition coefficient (Wildman–Crippen LogP) is 8.82. The molecule has 0 unspecified atom stereocenters. The van der Waals surface area contributed by atoms with E-state index in [1.807, 2.05) is 26.2 Å². The standard InChI is InChI=1S/C34H55NO5Si2/c1-27(2)12-16-31-29(23-30(24-34(31)36-5)39-25-37-18-20-41(6,7)8)15-13-28-14-17-33(32(22-28)35(3)4)40-26-38-19-21-42(9,10)11/h12-15,17,22-24H,16,18-21,25-26H2,1-11H3/b15-13+. The Morgan fingerprint density at radius 3 is 1.95 bits per heavy atom. The van der Waals surface area contributed by atoms with Gasteiger partial charge in [-0.3, -0.25) is 0 Å². The average Bonchev–Trinajstić information content (AvgIpc) is 2.89. The zero-order chi connectivity index (χ0) is 31.3. The minimum absolute atomic E-state index is 0.222. The van der Waals surface area contributed by atoms with Gasteiger partial charge in [-0.25, -0.2) is 0 Å². The molecule has 42 heavy (non-hydrogen) atoms. The number of hydrogen-bond donors (Lipinski definition) is 0. The van der Waals surface area contributed by atoms with Crippen molar-refractivity contribution in [2.75, 3.05) is 52.9 Å². The topological polar surface area (TPSA) is 49.4 Å². The van der Waals surface area contributed by atoms with E-state index in [2.05, 4.69) is 94.5 Å². The summed E-state index contributed by atoms with van der Waals surface area (Å²) in [5.41, 5.74) is 5.50. The molecule has 2 rings (SSSR count). The number of methoxy groups -OCH3 is 1. The van der Waals surface area contributed by atoms with Crippen LogP contribution < -0.4 is 19.1 Å². The minimum atomic E-state index is -1.14. The fourth-order valence-corrected chi connectivity index (χ4v) is 5.48. The van der Waals surface area contributed by atoms with E-state index in [-0.39, 0.29) is 13.6 Å². The molecular weight excluding hydrogens is 559 g/mol. The summed E-state index contributed by atoms with van der Waals surface area (Å²) in [7, 11) is 3.49. The fraction of sp³-hybridized carbons (Fsp3) is 0.529. The van der Waals surface area contributed by atoms with Crippen molar-refractivity contribution in [1.82, 2.24) is 0 Å². The molecule has 0 spiro atoms. The second kappa shape index (κ2) is 16.9. The van der Waals surface area contributed by atoms with Crippen molar-refractivity contribution in [1.29, 1.82) is 0 Å². The molecule has 0 radical (unpaired) electrons. The minimum Gasteiger partial charge on any atom is -0.496 e. The van der Waals surface area contributed by atoms with Gasteiger partial charge in [0.15, 0.2) is 13.6 Å². The van der Waals surface area contributed by atoms with Crippen molar-refractivity contribution in [2.24, 2.45) is 0 Å². The van der Waals surface area contributed by atoms with E-state index in [9.17, 15) is 0 Å². The van der Waals surface area contributed by atoms with Gasteiger partial charge in [-0.2, -0.15) is 0 Å². The van der Waals surface area contributed by atoms with E-state index in [0.29, 0.717) is 0 Å². The van der Waals surface area contributed by atoms with E-state index in [4.69, 9.17) is 23.7 Å². The SMILES string of the molecule is COc1cc(OCOCC[Si](C)(C)C)cc(/C=C/c2ccc(OCOCC[Si](C)(C)C)c(N(C)C)c2)c1CC=C(C)C. The molecule has 0 atom stereocenters. The third-order valence-corrected chi connectivity index (χ3v) is 10.1. The molecule has 0 amide bonds. The summed E-state index contributed by atoms with van der Waals surface area (Å²) in [6.07, 6.45) is 7.24. The van der Waals surface area contributed by atoms with Crippen molar-refractivity contribution < 1.29 is 23.7 Å². The molecule has 0 aromatic heterocycles. The molecular formula is C34H55NO5Si2. The summed E-state index contributed by atoms with van der Waals surface area (Å²) in [4.78, 5) is 2.06. The number of nitrogens with zero attached hydrogens (tertiary/aromatic N) is 1. The summed E-state index contributed by atoms with van der Waals surface area (Å²) in [5, 5.41) is 0. The highest BCUT2D eigenvalue weighted by molar-refractivity contribution is 6.76. The van der Waals surface area contributed by atoms with Crippen molar-refractivity contribution in [2.45, 2.75) is 71.6 Å². The van der Waals surface area contributed by atoms with Gasteiger partial charge < -0.3 is 28.6 Å². The first kappa shape index (κ1) is 35.7. The number of rotatable bonds is 18. The Hall–Kier alpha value is -2.53. The Kier molecular flexibility index (Phi) is 14.4. The fourth-order valence-electron chi connectivity index (χ4n) is 3.96. The average molecular weight is 614 g/mol. The molecule has 6 nitrogen and oxygen atoms in total. The van der Waals surface area contributed by atoms with Crippen LogP contribution in [0.25, 0.3) is 12.2 Å². The van der Waals surface area contributed by atoms with Crippen LogP contribution in [-0.2, 0) is 15.9 Å².